The van der Waals surface area contributed by atoms with Crippen LogP contribution in [-0.4, -0.2) is 19.8 Å². The van der Waals surface area contributed by atoms with Crippen LogP contribution < -0.4 is 14.2 Å². The van der Waals surface area contributed by atoms with E-state index in [1.165, 1.54) is 5.56 Å². The largest absolute Gasteiger partial charge is 0.490 e. The van der Waals surface area contributed by atoms with Crippen molar-refractivity contribution >= 4 is 0 Å². The molecule has 138 valence electrons. The van der Waals surface area contributed by atoms with Crippen molar-refractivity contribution in [2.45, 2.75) is 79.1 Å². The molecule has 24 heavy (non-hydrogen) atoms. The zero-order valence-electron chi connectivity index (χ0n) is 16.3. The van der Waals surface area contributed by atoms with Gasteiger partial charge in [-0.1, -0.05) is 59.9 Å². The summed E-state index contributed by atoms with van der Waals surface area (Å²) in [6.45, 7) is 13.0. The molecule has 0 spiro atoms. The molecule has 3 heteroatoms. The molecule has 0 radical (unpaired) electrons. The molecule has 0 saturated heterocycles. The van der Waals surface area contributed by atoms with Crippen molar-refractivity contribution in [3.05, 3.63) is 17.7 Å². The Bertz CT molecular complexity index is 455. The lowest BCUT2D eigenvalue weighted by Gasteiger charge is -2.21. The van der Waals surface area contributed by atoms with Crippen molar-refractivity contribution in [3.8, 4) is 17.2 Å². The van der Waals surface area contributed by atoms with Crippen molar-refractivity contribution in [1.29, 1.82) is 0 Å². The van der Waals surface area contributed by atoms with E-state index < -0.39 is 0 Å². The molecular formula is C21H36O3. The Morgan fingerprint density at radius 3 is 1.71 bits per heavy atom. The van der Waals surface area contributed by atoms with E-state index in [0.717, 1.165) is 69.0 Å². The maximum absolute atomic E-state index is 6.14. The van der Waals surface area contributed by atoms with Crippen LogP contribution in [0.3, 0.4) is 0 Å². The summed E-state index contributed by atoms with van der Waals surface area (Å²) >= 11 is 0. The monoisotopic (exact) mass is 336 g/mol. The molecule has 0 aliphatic heterocycles. The molecule has 0 bridgehead atoms. The summed E-state index contributed by atoms with van der Waals surface area (Å²) in [5, 5.41) is 0. The number of hydrogen-bond acceptors (Lipinski definition) is 3. The van der Waals surface area contributed by atoms with Crippen molar-refractivity contribution in [3.63, 3.8) is 0 Å². The van der Waals surface area contributed by atoms with Gasteiger partial charge >= 0.3 is 0 Å². The van der Waals surface area contributed by atoms with E-state index in [4.69, 9.17) is 14.2 Å². The third-order valence-electron chi connectivity index (χ3n) is 3.97. The molecule has 0 aromatic heterocycles. The number of ether oxygens (including phenoxy) is 3. The third kappa shape index (κ3) is 6.62. The lowest BCUT2D eigenvalue weighted by atomic mass is 10.0. The van der Waals surface area contributed by atoms with Gasteiger partial charge < -0.3 is 14.2 Å². The highest BCUT2D eigenvalue weighted by atomic mass is 16.5. The molecule has 0 amide bonds. The first-order valence-electron chi connectivity index (χ1n) is 9.70. The molecule has 1 rings (SSSR count). The molecule has 1 aromatic rings. The van der Waals surface area contributed by atoms with E-state index in [0.29, 0.717) is 12.5 Å². The van der Waals surface area contributed by atoms with Crippen molar-refractivity contribution < 1.29 is 14.2 Å². The van der Waals surface area contributed by atoms with Gasteiger partial charge in [-0.3, -0.25) is 0 Å². The van der Waals surface area contributed by atoms with E-state index in [1.54, 1.807) is 0 Å². The zero-order valence-corrected chi connectivity index (χ0v) is 16.3. The van der Waals surface area contributed by atoms with Crippen LogP contribution in [0.1, 0.15) is 84.6 Å². The highest BCUT2D eigenvalue weighted by Gasteiger charge is 2.19. The van der Waals surface area contributed by atoms with Crippen LogP contribution in [-0.2, 0) is 0 Å². The highest BCUT2D eigenvalue weighted by molar-refractivity contribution is 5.56. The second kappa shape index (κ2) is 12.0. The normalized spacial score (nSPS) is 10.9. The molecule has 0 N–H and O–H groups in total. The summed E-state index contributed by atoms with van der Waals surface area (Å²) in [6, 6.07) is 4.17. The lowest BCUT2D eigenvalue weighted by Crippen LogP contribution is -2.08. The van der Waals surface area contributed by atoms with Gasteiger partial charge in [-0.2, -0.15) is 0 Å². The molecule has 1 aromatic carbocycles. The van der Waals surface area contributed by atoms with Crippen LogP contribution in [0.25, 0.3) is 0 Å². The predicted octanol–water partition coefficient (Wildman–Crippen LogP) is 6.35. The van der Waals surface area contributed by atoms with Crippen LogP contribution in [0.5, 0.6) is 17.2 Å². The van der Waals surface area contributed by atoms with E-state index >= 15 is 0 Å². The summed E-state index contributed by atoms with van der Waals surface area (Å²) < 4.78 is 18.2. The Kier molecular flexibility index (Phi) is 10.4. The van der Waals surface area contributed by atoms with E-state index in [-0.39, 0.29) is 0 Å². The van der Waals surface area contributed by atoms with Crippen molar-refractivity contribution in [1.82, 2.24) is 0 Å². The first-order chi connectivity index (χ1) is 11.7. The number of rotatable bonds is 13. The van der Waals surface area contributed by atoms with Crippen LogP contribution >= 0.6 is 0 Å². The number of benzene rings is 1. The molecule has 0 unspecified atom stereocenters. The van der Waals surface area contributed by atoms with E-state index in [9.17, 15) is 0 Å². The number of unbranched alkanes of at least 4 members (excludes halogenated alkanes) is 3. The SMILES string of the molecule is CCCCOc1ccc(C(C)C)c(OCCCC)c1OCCCC. The van der Waals surface area contributed by atoms with Crippen LogP contribution in [0.2, 0.25) is 0 Å². The summed E-state index contributed by atoms with van der Waals surface area (Å²) in [6.07, 6.45) is 6.49. The van der Waals surface area contributed by atoms with E-state index in [1.807, 2.05) is 6.07 Å². The first kappa shape index (κ1) is 20.7. The van der Waals surface area contributed by atoms with E-state index in [2.05, 4.69) is 40.7 Å². The third-order valence-corrected chi connectivity index (χ3v) is 3.97. The fourth-order valence-corrected chi connectivity index (χ4v) is 2.38. The summed E-state index contributed by atoms with van der Waals surface area (Å²) in [5.74, 6) is 2.88. The first-order valence-corrected chi connectivity index (χ1v) is 9.70. The molecule has 0 fully saturated rings. The summed E-state index contributed by atoms with van der Waals surface area (Å²) in [7, 11) is 0. The lowest BCUT2D eigenvalue weighted by molar-refractivity contribution is 0.235. The fraction of sp³-hybridized carbons (Fsp3) is 0.714. The molecule has 0 saturated carbocycles. The average molecular weight is 337 g/mol. The highest BCUT2D eigenvalue weighted by Crippen LogP contribution is 2.43. The number of hydrogen-bond donors (Lipinski definition) is 0. The van der Waals surface area contributed by atoms with Gasteiger partial charge in [0, 0.05) is 5.56 Å². The minimum absolute atomic E-state index is 0.389. The Morgan fingerprint density at radius 2 is 1.21 bits per heavy atom. The summed E-state index contributed by atoms with van der Waals surface area (Å²) in [4.78, 5) is 0. The second-order valence-electron chi connectivity index (χ2n) is 6.57. The molecule has 3 nitrogen and oxygen atoms in total. The zero-order chi connectivity index (χ0) is 17.8. The second-order valence-corrected chi connectivity index (χ2v) is 6.57. The van der Waals surface area contributed by atoms with Crippen LogP contribution in [0.4, 0.5) is 0 Å². The Labute approximate surface area is 148 Å². The van der Waals surface area contributed by atoms with Crippen LogP contribution in [0, 0.1) is 0 Å². The predicted molar refractivity (Wildman–Crippen MR) is 102 cm³/mol. The minimum atomic E-state index is 0.389. The molecule has 0 heterocycles. The molecule has 0 aliphatic carbocycles. The van der Waals surface area contributed by atoms with Gasteiger partial charge in [-0.15, -0.1) is 0 Å². The van der Waals surface area contributed by atoms with Gasteiger partial charge in [0.2, 0.25) is 5.75 Å². The van der Waals surface area contributed by atoms with Gasteiger partial charge in [0.05, 0.1) is 19.8 Å². The summed E-state index contributed by atoms with van der Waals surface area (Å²) in [5.41, 5.74) is 1.19. The van der Waals surface area contributed by atoms with Crippen LogP contribution in [0.15, 0.2) is 12.1 Å². The minimum Gasteiger partial charge on any atom is -0.490 e. The Hall–Kier alpha value is -1.38. The van der Waals surface area contributed by atoms with Crippen molar-refractivity contribution in [2.24, 2.45) is 0 Å². The standard InChI is InChI=1S/C21H36O3/c1-6-9-14-22-19-13-12-18(17(4)5)20(23-15-10-7-2)21(19)24-16-11-8-3/h12-13,17H,6-11,14-16H2,1-5H3. The maximum atomic E-state index is 6.14. The molecule has 0 aliphatic rings. The topological polar surface area (TPSA) is 27.7 Å². The fourth-order valence-electron chi connectivity index (χ4n) is 2.38. The quantitative estimate of drug-likeness (QED) is 0.393. The maximum Gasteiger partial charge on any atom is 0.203 e. The van der Waals surface area contributed by atoms with Gasteiger partial charge in [0.1, 0.15) is 0 Å². The smallest absolute Gasteiger partial charge is 0.203 e. The van der Waals surface area contributed by atoms with Gasteiger partial charge in [0.25, 0.3) is 0 Å². The van der Waals surface area contributed by atoms with Crippen molar-refractivity contribution in [2.75, 3.05) is 19.8 Å². The molecule has 0 atom stereocenters. The Morgan fingerprint density at radius 1 is 0.708 bits per heavy atom. The van der Waals surface area contributed by atoms with Gasteiger partial charge in [-0.05, 0) is 31.2 Å². The molecular weight excluding hydrogens is 300 g/mol. The van der Waals surface area contributed by atoms with Gasteiger partial charge in [0.15, 0.2) is 11.5 Å². The average Bonchev–Trinajstić information content (AvgIpc) is 2.57. The van der Waals surface area contributed by atoms with Gasteiger partial charge in [-0.25, -0.2) is 0 Å². The Balaban J connectivity index is 3.09.